The first-order valence-corrected chi connectivity index (χ1v) is 16.1. The predicted octanol–water partition coefficient (Wildman–Crippen LogP) is 6.06. The van der Waals surface area contributed by atoms with Crippen molar-refractivity contribution in [3.05, 3.63) is 72.1 Å². The van der Waals surface area contributed by atoms with E-state index < -0.39 is 19.5 Å². The van der Waals surface area contributed by atoms with Crippen molar-refractivity contribution in [2.24, 2.45) is 0 Å². The molecule has 0 amide bonds. The molecule has 0 radical (unpaired) electrons. The van der Waals surface area contributed by atoms with E-state index in [1.807, 2.05) is 31.3 Å². The minimum atomic E-state index is -1.20. The Hall–Kier alpha value is -3.27. The Kier molecular flexibility index (Phi) is 7.68. The first kappa shape index (κ1) is 26.8. The Balaban J connectivity index is 1.71. The van der Waals surface area contributed by atoms with Gasteiger partial charge in [0.2, 0.25) is 0 Å². The Morgan fingerprint density at radius 3 is 2.43 bits per heavy atom. The van der Waals surface area contributed by atoms with Crippen LogP contribution >= 0.6 is 0 Å². The zero-order valence-corrected chi connectivity index (χ0v) is 23.3. The molecule has 0 fully saturated rings. The summed E-state index contributed by atoms with van der Waals surface area (Å²) in [6, 6.07) is 11.7. The van der Waals surface area contributed by atoms with Gasteiger partial charge in [-0.25, -0.2) is 19.0 Å². The van der Waals surface area contributed by atoms with Crippen LogP contribution in [0.5, 0.6) is 0 Å². The first-order chi connectivity index (χ1) is 17.4. The highest BCUT2D eigenvalue weighted by molar-refractivity contribution is 6.76. The van der Waals surface area contributed by atoms with Crippen LogP contribution in [0.4, 0.5) is 4.39 Å². The first-order valence-electron chi connectivity index (χ1n) is 12.4. The molecule has 0 aliphatic carbocycles. The van der Waals surface area contributed by atoms with Gasteiger partial charge in [-0.2, -0.15) is 5.10 Å². The topological polar surface area (TPSA) is 86.0 Å². The molecule has 0 saturated carbocycles. The predicted molar refractivity (Wildman–Crippen MR) is 146 cm³/mol. The third-order valence-corrected chi connectivity index (χ3v) is 7.69. The zero-order valence-electron chi connectivity index (χ0n) is 22.3. The molecule has 3 heterocycles. The molecule has 0 saturated heterocycles. The molecule has 194 valence electrons. The van der Waals surface area contributed by atoms with Gasteiger partial charge in [-0.05, 0) is 56.6 Å². The molecule has 0 unspecified atom stereocenters. The highest BCUT2D eigenvalue weighted by atomic mass is 28.3. The molecule has 9 heteroatoms. The molecule has 0 spiro atoms. The van der Waals surface area contributed by atoms with Crippen LogP contribution < -0.4 is 0 Å². The molecule has 1 N–H and O–H groups in total. The van der Waals surface area contributed by atoms with Crippen molar-refractivity contribution in [2.45, 2.75) is 58.8 Å². The van der Waals surface area contributed by atoms with Gasteiger partial charge in [-0.1, -0.05) is 31.8 Å². The van der Waals surface area contributed by atoms with Crippen molar-refractivity contribution in [3.63, 3.8) is 0 Å². The second kappa shape index (κ2) is 10.6. The molecule has 3 aromatic heterocycles. The summed E-state index contributed by atoms with van der Waals surface area (Å²) in [5.41, 5.74) is 3.60. The Labute approximate surface area is 218 Å². The minimum Gasteiger partial charge on any atom is -0.386 e. The third-order valence-electron chi connectivity index (χ3n) is 5.99. The largest absolute Gasteiger partial charge is 0.386 e. The van der Waals surface area contributed by atoms with Gasteiger partial charge in [0.15, 0.2) is 5.82 Å². The van der Waals surface area contributed by atoms with E-state index in [9.17, 15) is 9.50 Å². The number of benzene rings is 1. The fourth-order valence-electron chi connectivity index (χ4n) is 3.75. The molecule has 0 bridgehead atoms. The van der Waals surface area contributed by atoms with Gasteiger partial charge in [-0.3, -0.25) is 4.98 Å². The van der Waals surface area contributed by atoms with Crippen LogP contribution in [0, 0.1) is 12.7 Å². The number of halogens is 1. The number of aromatic nitrogens is 5. The lowest BCUT2D eigenvalue weighted by atomic mass is 10.0. The van der Waals surface area contributed by atoms with Gasteiger partial charge in [0.25, 0.3) is 0 Å². The monoisotopic (exact) mass is 519 g/mol. The molecule has 4 rings (SSSR count). The molecule has 4 aromatic rings. The van der Waals surface area contributed by atoms with Crippen LogP contribution in [0.2, 0.25) is 25.7 Å². The quantitative estimate of drug-likeness (QED) is 0.214. The average Bonchev–Trinajstić information content (AvgIpc) is 3.25. The molecular weight excluding hydrogens is 485 g/mol. The summed E-state index contributed by atoms with van der Waals surface area (Å²) in [7, 11) is -1.20. The van der Waals surface area contributed by atoms with Crippen LogP contribution in [0.25, 0.3) is 33.9 Å². The van der Waals surface area contributed by atoms with Crippen molar-refractivity contribution in [3.8, 4) is 33.9 Å². The van der Waals surface area contributed by atoms with Crippen LogP contribution in [0.1, 0.15) is 25.1 Å². The van der Waals surface area contributed by atoms with E-state index in [0.717, 1.165) is 28.6 Å². The number of nitrogens with zero attached hydrogens (tertiary/aromatic N) is 5. The van der Waals surface area contributed by atoms with Crippen LogP contribution in [-0.4, -0.2) is 44.5 Å². The molecule has 1 aromatic carbocycles. The standard InChI is InChI=1S/C28H34FN5O2Si/c1-19-8-7-9-25(32-19)26-23(17-34(33-26)18-36-12-13-37(4,5)6)20-10-11-24(29)22(14-20)27-30-15-21(16-31-27)28(2,3)35/h7-11,14-17,35H,12-13,18H2,1-6H3. The smallest absolute Gasteiger partial charge is 0.162 e. The van der Waals surface area contributed by atoms with Crippen molar-refractivity contribution < 1.29 is 14.2 Å². The van der Waals surface area contributed by atoms with Crippen LogP contribution in [0.15, 0.2) is 55.0 Å². The second-order valence-corrected chi connectivity index (χ2v) is 16.6. The van der Waals surface area contributed by atoms with Gasteiger partial charge in [0.05, 0.1) is 16.9 Å². The summed E-state index contributed by atoms with van der Waals surface area (Å²) in [6.45, 7) is 13.2. The van der Waals surface area contributed by atoms with Gasteiger partial charge in [0.1, 0.15) is 18.2 Å². The van der Waals surface area contributed by atoms with Crippen molar-refractivity contribution >= 4 is 8.07 Å². The minimum absolute atomic E-state index is 0.240. The average molecular weight is 520 g/mol. The summed E-state index contributed by atoms with van der Waals surface area (Å²) in [5.74, 6) is -0.193. The van der Waals surface area contributed by atoms with E-state index in [1.54, 1.807) is 30.7 Å². The fraction of sp³-hybridized carbons (Fsp3) is 0.357. The van der Waals surface area contributed by atoms with Crippen molar-refractivity contribution in [1.29, 1.82) is 0 Å². The number of rotatable bonds is 9. The van der Waals surface area contributed by atoms with E-state index in [4.69, 9.17) is 9.84 Å². The zero-order chi connectivity index (χ0) is 26.8. The number of hydrogen-bond acceptors (Lipinski definition) is 6. The number of pyridine rings is 1. The number of aryl methyl sites for hydroxylation is 1. The van der Waals surface area contributed by atoms with E-state index in [1.165, 1.54) is 18.5 Å². The lowest BCUT2D eigenvalue weighted by Crippen LogP contribution is -2.22. The summed E-state index contributed by atoms with van der Waals surface area (Å²) in [4.78, 5) is 13.3. The Morgan fingerprint density at radius 1 is 1.05 bits per heavy atom. The van der Waals surface area contributed by atoms with E-state index >= 15 is 0 Å². The van der Waals surface area contributed by atoms with E-state index in [-0.39, 0.29) is 11.4 Å². The van der Waals surface area contributed by atoms with Crippen LogP contribution in [-0.2, 0) is 17.1 Å². The SMILES string of the molecule is Cc1cccc(-c2nn(COCC[Si](C)(C)C)cc2-c2ccc(F)c(-c3ncc(C(C)(C)O)cn3)c2)n1. The maximum atomic E-state index is 14.9. The Bertz CT molecular complexity index is 1370. The molecule has 0 aliphatic rings. The number of aliphatic hydroxyl groups is 1. The second-order valence-electron chi connectivity index (χ2n) is 11.0. The molecule has 0 aliphatic heterocycles. The highest BCUT2D eigenvalue weighted by Crippen LogP contribution is 2.33. The van der Waals surface area contributed by atoms with Gasteiger partial charge in [-0.15, -0.1) is 0 Å². The highest BCUT2D eigenvalue weighted by Gasteiger charge is 2.20. The number of hydrogen-bond donors (Lipinski definition) is 1. The van der Waals surface area contributed by atoms with Crippen molar-refractivity contribution in [2.75, 3.05) is 6.61 Å². The molecule has 37 heavy (non-hydrogen) atoms. The molecular formula is C28H34FN5O2Si. The van der Waals surface area contributed by atoms with Crippen molar-refractivity contribution in [1.82, 2.24) is 24.7 Å². The lowest BCUT2D eigenvalue weighted by Gasteiger charge is -2.16. The fourth-order valence-corrected chi connectivity index (χ4v) is 4.50. The summed E-state index contributed by atoms with van der Waals surface area (Å²) >= 11 is 0. The van der Waals surface area contributed by atoms with Gasteiger partial charge >= 0.3 is 0 Å². The lowest BCUT2D eigenvalue weighted by molar-refractivity contribution is 0.0778. The Morgan fingerprint density at radius 2 is 1.78 bits per heavy atom. The van der Waals surface area contributed by atoms with E-state index in [0.29, 0.717) is 24.6 Å². The molecule has 7 nitrogen and oxygen atoms in total. The van der Waals surface area contributed by atoms with E-state index in [2.05, 4.69) is 34.6 Å². The summed E-state index contributed by atoms with van der Waals surface area (Å²) < 4.78 is 22.6. The maximum absolute atomic E-state index is 14.9. The number of ether oxygens (including phenoxy) is 1. The third kappa shape index (κ3) is 6.74. The van der Waals surface area contributed by atoms with Gasteiger partial charge in [0, 0.05) is 50.1 Å². The summed E-state index contributed by atoms with van der Waals surface area (Å²) in [6.07, 6.45) is 4.95. The molecule has 0 atom stereocenters. The maximum Gasteiger partial charge on any atom is 0.162 e. The summed E-state index contributed by atoms with van der Waals surface area (Å²) in [5, 5.41) is 15.0. The van der Waals surface area contributed by atoms with Crippen LogP contribution in [0.3, 0.4) is 0 Å². The normalized spacial score (nSPS) is 12.2. The van der Waals surface area contributed by atoms with Gasteiger partial charge < -0.3 is 9.84 Å².